The molecule has 1 aromatic rings. The molecule has 118 valence electrons. The maximum atomic E-state index is 5.98. The van der Waals surface area contributed by atoms with Crippen LogP contribution in [-0.4, -0.2) is 6.04 Å². The molecule has 1 fully saturated rings. The van der Waals surface area contributed by atoms with E-state index in [0.717, 1.165) is 12.3 Å². The Bertz CT molecular complexity index is 459. The predicted molar refractivity (Wildman–Crippen MR) is 91.1 cm³/mol. The summed E-state index contributed by atoms with van der Waals surface area (Å²) in [5.41, 5.74) is 7.73. The van der Waals surface area contributed by atoms with Gasteiger partial charge in [-0.3, -0.25) is 11.3 Å². The van der Waals surface area contributed by atoms with E-state index in [-0.39, 0.29) is 0 Å². The summed E-state index contributed by atoms with van der Waals surface area (Å²) in [7, 11) is 0. The van der Waals surface area contributed by atoms with Crippen LogP contribution >= 0.6 is 0 Å². The Hall–Kier alpha value is -0.860. The van der Waals surface area contributed by atoms with Gasteiger partial charge in [0, 0.05) is 6.04 Å². The molecule has 0 spiro atoms. The van der Waals surface area contributed by atoms with E-state index in [0.29, 0.717) is 11.5 Å². The fourth-order valence-electron chi connectivity index (χ4n) is 4.21. The zero-order valence-electron chi connectivity index (χ0n) is 14.2. The van der Waals surface area contributed by atoms with Gasteiger partial charge in [-0.05, 0) is 67.6 Å². The van der Waals surface area contributed by atoms with Crippen molar-refractivity contribution in [3.05, 3.63) is 34.9 Å². The van der Waals surface area contributed by atoms with Gasteiger partial charge in [0.25, 0.3) is 0 Å². The van der Waals surface area contributed by atoms with Crippen LogP contribution in [0.3, 0.4) is 0 Å². The van der Waals surface area contributed by atoms with Crippen LogP contribution in [-0.2, 0) is 6.42 Å². The normalized spacial score (nSPS) is 19.1. The average Bonchev–Trinajstić information content (AvgIpc) is 2.88. The van der Waals surface area contributed by atoms with E-state index < -0.39 is 0 Å². The number of hydrazine groups is 1. The minimum Gasteiger partial charge on any atom is -0.271 e. The van der Waals surface area contributed by atoms with Crippen LogP contribution in [0.25, 0.3) is 0 Å². The van der Waals surface area contributed by atoms with Gasteiger partial charge in [0.15, 0.2) is 0 Å². The minimum absolute atomic E-state index is 0.391. The molecule has 21 heavy (non-hydrogen) atoms. The van der Waals surface area contributed by atoms with E-state index in [2.05, 4.69) is 51.3 Å². The number of rotatable bonds is 6. The Morgan fingerprint density at radius 2 is 1.81 bits per heavy atom. The second kappa shape index (κ2) is 6.93. The molecule has 1 saturated carbocycles. The standard InChI is InChI=1S/C19H32N2/c1-14(2)13-19(9-5-6-10-19)18(21-20)12-17-8-7-15(3)16(4)11-17/h7-8,11,14,18,21H,5-6,9-10,12-13,20H2,1-4H3. The highest BCUT2D eigenvalue weighted by Crippen LogP contribution is 2.46. The number of nitrogens with one attached hydrogen (secondary N) is 1. The molecule has 2 heteroatoms. The molecule has 0 radical (unpaired) electrons. The molecule has 1 aliphatic rings. The lowest BCUT2D eigenvalue weighted by atomic mass is 9.71. The molecular formula is C19H32N2. The highest BCUT2D eigenvalue weighted by atomic mass is 15.2. The molecule has 1 aromatic carbocycles. The number of hydrogen-bond donors (Lipinski definition) is 2. The summed E-state index contributed by atoms with van der Waals surface area (Å²) in [6, 6.07) is 7.23. The fraction of sp³-hybridized carbons (Fsp3) is 0.684. The van der Waals surface area contributed by atoms with Crippen molar-refractivity contribution in [3.8, 4) is 0 Å². The number of nitrogens with two attached hydrogens (primary N) is 1. The summed E-state index contributed by atoms with van der Waals surface area (Å²) in [5.74, 6) is 6.71. The average molecular weight is 288 g/mol. The maximum Gasteiger partial charge on any atom is 0.0307 e. The SMILES string of the molecule is Cc1ccc(CC(NN)C2(CC(C)C)CCCC2)cc1C. The Labute approximate surface area is 130 Å². The highest BCUT2D eigenvalue weighted by molar-refractivity contribution is 5.30. The van der Waals surface area contributed by atoms with Gasteiger partial charge in [0.1, 0.15) is 0 Å². The summed E-state index contributed by atoms with van der Waals surface area (Å²) in [6.07, 6.45) is 7.70. The van der Waals surface area contributed by atoms with E-state index in [4.69, 9.17) is 5.84 Å². The van der Waals surface area contributed by atoms with E-state index in [1.165, 1.54) is 48.8 Å². The third-order valence-electron chi connectivity index (χ3n) is 5.37. The number of benzene rings is 1. The first-order valence-corrected chi connectivity index (χ1v) is 8.49. The van der Waals surface area contributed by atoms with Gasteiger partial charge in [-0.1, -0.05) is 44.9 Å². The molecule has 0 heterocycles. The molecule has 1 aliphatic carbocycles. The van der Waals surface area contributed by atoms with Crippen LogP contribution in [0.2, 0.25) is 0 Å². The van der Waals surface area contributed by atoms with Crippen molar-refractivity contribution in [2.24, 2.45) is 17.2 Å². The Balaban J connectivity index is 2.18. The smallest absolute Gasteiger partial charge is 0.0307 e. The van der Waals surface area contributed by atoms with Gasteiger partial charge >= 0.3 is 0 Å². The summed E-state index contributed by atoms with van der Waals surface area (Å²) in [6.45, 7) is 9.05. The zero-order chi connectivity index (χ0) is 15.5. The predicted octanol–water partition coefficient (Wildman–Crippen LogP) is 4.28. The van der Waals surface area contributed by atoms with Crippen molar-refractivity contribution in [2.75, 3.05) is 0 Å². The molecular weight excluding hydrogens is 256 g/mol. The lowest BCUT2D eigenvalue weighted by Crippen LogP contribution is -2.49. The molecule has 1 atom stereocenters. The van der Waals surface area contributed by atoms with Crippen molar-refractivity contribution in [1.82, 2.24) is 5.43 Å². The van der Waals surface area contributed by atoms with Crippen molar-refractivity contribution < 1.29 is 0 Å². The largest absolute Gasteiger partial charge is 0.271 e. The van der Waals surface area contributed by atoms with Crippen molar-refractivity contribution in [2.45, 2.75) is 72.3 Å². The Morgan fingerprint density at radius 3 is 2.33 bits per heavy atom. The van der Waals surface area contributed by atoms with Crippen LogP contribution in [0, 0.1) is 25.2 Å². The zero-order valence-corrected chi connectivity index (χ0v) is 14.2. The van der Waals surface area contributed by atoms with Crippen molar-refractivity contribution >= 4 is 0 Å². The second-order valence-corrected chi connectivity index (χ2v) is 7.51. The van der Waals surface area contributed by atoms with Gasteiger partial charge in [-0.15, -0.1) is 0 Å². The van der Waals surface area contributed by atoms with Crippen LogP contribution in [0.1, 0.15) is 62.6 Å². The first kappa shape index (κ1) is 16.5. The molecule has 3 N–H and O–H groups in total. The van der Waals surface area contributed by atoms with Crippen LogP contribution in [0.4, 0.5) is 0 Å². The van der Waals surface area contributed by atoms with Crippen LogP contribution in [0.5, 0.6) is 0 Å². The van der Waals surface area contributed by atoms with E-state index in [1.54, 1.807) is 0 Å². The molecule has 0 saturated heterocycles. The lowest BCUT2D eigenvalue weighted by Gasteiger charge is -2.39. The summed E-state index contributed by atoms with van der Waals surface area (Å²) in [5, 5.41) is 0. The Morgan fingerprint density at radius 1 is 1.14 bits per heavy atom. The van der Waals surface area contributed by atoms with Crippen LogP contribution in [0.15, 0.2) is 18.2 Å². The van der Waals surface area contributed by atoms with Gasteiger partial charge < -0.3 is 0 Å². The van der Waals surface area contributed by atoms with Gasteiger partial charge in [0.05, 0.1) is 0 Å². The molecule has 0 amide bonds. The molecule has 1 unspecified atom stereocenters. The second-order valence-electron chi connectivity index (χ2n) is 7.51. The van der Waals surface area contributed by atoms with Gasteiger partial charge in [0.2, 0.25) is 0 Å². The lowest BCUT2D eigenvalue weighted by molar-refractivity contribution is 0.154. The fourth-order valence-corrected chi connectivity index (χ4v) is 4.21. The third kappa shape index (κ3) is 3.87. The molecule has 0 aliphatic heterocycles. The molecule has 2 rings (SSSR count). The van der Waals surface area contributed by atoms with Crippen LogP contribution < -0.4 is 11.3 Å². The number of hydrogen-bond acceptors (Lipinski definition) is 2. The first-order valence-electron chi connectivity index (χ1n) is 8.49. The van der Waals surface area contributed by atoms with Gasteiger partial charge in [-0.2, -0.15) is 0 Å². The first-order chi connectivity index (χ1) is 9.97. The molecule has 0 bridgehead atoms. The molecule has 0 aromatic heterocycles. The monoisotopic (exact) mass is 288 g/mol. The van der Waals surface area contributed by atoms with Crippen molar-refractivity contribution in [1.29, 1.82) is 0 Å². The maximum absolute atomic E-state index is 5.98. The molecule has 2 nitrogen and oxygen atoms in total. The number of aryl methyl sites for hydroxylation is 2. The summed E-state index contributed by atoms with van der Waals surface area (Å²) < 4.78 is 0. The van der Waals surface area contributed by atoms with Gasteiger partial charge in [-0.25, -0.2) is 0 Å². The van der Waals surface area contributed by atoms with E-state index in [1.807, 2.05) is 0 Å². The highest BCUT2D eigenvalue weighted by Gasteiger charge is 2.41. The minimum atomic E-state index is 0.391. The van der Waals surface area contributed by atoms with E-state index in [9.17, 15) is 0 Å². The summed E-state index contributed by atoms with van der Waals surface area (Å²) >= 11 is 0. The third-order valence-corrected chi connectivity index (χ3v) is 5.37. The topological polar surface area (TPSA) is 38.0 Å². The summed E-state index contributed by atoms with van der Waals surface area (Å²) in [4.78, 5) is 0. The van der Waals surface area contributed by atoms with E-state index >= 15 is 0 Å². The Kier molecular flexibility index (Phi) is 5.45. The quantitative estimate of drug-likeness (QED) is 0.605. The van der Waals surface area contributed by atoms with Crippen molar-refractivity contribution in [3.63, 3.8) is 0 Å².